The summed E-state index contributed by atoms with van der Waals surface area (Å²) in [6, 6.07) is 0. The Kier molecular flexibility index (Phi) is 6.99. The van der Waals surface area contributed by atoms with Gasteiger partial charge in [0.25, 0.3) is 0 Å². The Hall–Kier alpha value is -2.63. The fourth-order valence-corrected chi connectivity index (χ4v) is 6.78. The van der Waals surface area contributed by atoms with Crippen LogP contribution in [0, 0.1) is 16.7 Å². The number of hydrogen-bond acceptors (Lipinski definition) is 9. The molecular weight excluding hydrogens is 485 g/mol. The van der Waals surface area contributed by atoms with Crippen LogP contribution in [-0.2, 0) is 12.8 Å². The number of rotatable bonds is 7. The standard InChI is InChI=1S/C24H28FN7OS2/c1-2-28-30-22(11-26)35-31-8-7-17-9-21-16(12-29-32(21)19-5-3-18(25)4-6-19)10-24(17,14-31)23(33)20-13-34-15-27-20/h3,5,11-13,15,17,26,28H,2,4,6-10,14H2,1H3/b26-11?,30-22+. The van der Waals surface area contributed by atoms with Crippen LogP contribution in [0.3, 0.4) is 0 Å². The maximum atomic E-state index is 14.0. The summed E-state index contributed by atoms with van der Waals surface area (Å²) in [5.41, 5.74) is 7.72. The van der Waals surface area contributed by atoms with Gasteiger partial charge >= 0.3 is 0 Å². The second-order valence-corrected chi connectivity index (χ2v) is 10.9. The topological polar surface area (TPSA) is 99.3 Å². The molecule has 0 radical (unpaired) electrons. The highest BCUT2D eigenvalue weighted by molar-refractivity contribution is 8.13. The van der Waals surface area contributed by atoms with Crippen LogP contribution in [0.4, 0.5) is 4.39 Å². The van der Waals surface area contributed by atoms with Crippen LogP contribution in [0.5, 0.6) is 0 Å². The summed E-state index contributed by atoms with van der Waals surface area (Å²) < 4.78 is 17.7. The van der Waals surface area contributed by atoms with Crippen LogP contribution in [0.25, 0.3) is 5.70 Å². The first-order valence-electron chi connectivity index (χ1n) is 11.8. The zero-order valence-electron chi connectivity index (χ0n) is 19.5. The van der Waals surface area contributed by atoms with Crippen LogP contribution in [0.1, 0.15) is 47.9 Å². The molecule has 0 amide bonds. The van der Waals surface area contributed by atoms with Crippen molar-refractivity contribution in [1.82, 2.24) is 24.5 Å². The third-order valence-corrected chi connectivity index (χ3v) is 8.58. The zero-order chi connectivity index (χ0) is 24.4. The Balaban J connectivity index is 1.48. The van der Waals surface area contributed by atoms with Crippen molar-refractivity contribution in [2.75, 3.05) is 19.6 Å². The minimum Gasteiger partial charge on any atom is -0.309 e. The maximum Gasteiger partial charge on any atom is 0.190 e. The Morgan fingerprint density at radius 1 is 1.46 bits per heavy atom. The van der Waals surface area contributed by atoms with Gasteiger partial charge in [-0.25, -0.2) is 18.4 Å². The molecule has 2 aliphatic carbocycles. The van der Waals surface area contributed by atoms with E-state index < -0.39 is 5.41 Å². The maximum absolute atomic E-state index is 14.0. The number of Topliss-reactive ketones (excluding diaryl/α,β-unsaturated/α-hetero) is 1. The molecule has 1 aliphatic heterocycles. The number of fused-ring (bicyclic) bond motifs is 2. The predicted octanol–water partition coefficient (Wildman–Crippen LogP) is 4.34. The molecule has 5 rings (SSSR count). The van der Waals surface area contributed by atoms with E-state index in [1.807, 2.05) is 29.3 Å². The van der Waals surface area contributed by atoms with Gasteiger partial charge in [0.1, 0.15) is 16.6 Å². The fraction of sp³-hybridized carbons (Fsp3) is 0.458. The van der Waals surface area contributed by atoms with Crippen LogP contribution in [0.15, 0.2) is 40.2 Å². The van der Waals surface area contributed by atoms with Gasteiger partial charge in [0.05, 0.1) is 23.3 Å². The number of carbonyl (C=O) groups excluding carboxylic acids is 1. The van der Waals surface area contributed by atoms with Gasteiger partial charge in [0.2, 0.25) is 0 Å². The minimum atomic E-state index is -0.627. The van der Waals surface area contributed by atoms with Gasteiger partial charge < -0.3 is 10.8 Å². The van der Waals surface area contributed by atoms with E-state index in [-0.39, 0.29) is 17.5 Å². The summed E-state index contributed by atoms with van der Waals surface area (Å²) in [5.74, 6) is 0.117. The number of hydrogen-bond donors (Lipinski definition) is 2. The highest BCUT2D eigenvalue weighted by Crippen LogP contribution is 2.49. The molecule has 8 nitrogen and oxygen atoms in total. The Morgan fingerprint density at radius 3 is 3.06 bits per heavy atom. The van der Waals surface area contributed by atoms with Crippen LogP contribution < -0.4 is 5.43 Å². The van der Waals surface area contributed by atoms with Crippen molar-refractivity contribution >= 4 is 46.0 Å². The number of piperidine rings is 1. The van der Waals surface area contributed by atoms with E-state index in [2.05, 4.69) is 24.9 Å². The molecule has 35 heavy (non-hydrogen) atoms. The van der Waals surface area contributed by atoms with E-state index >= 15 is 0 Å². The predicted molar refractivity (Wildman–Crippen MR) is 138 cm³/mol. The highest BCUT2D eigenvalue weighted by atomic mass is 32.2. The lowest BCUT2D eigenvalue weighted by molar-refractivity contribution is 0.0415. The molecule has 2 N–H and O–H groups in total. The van der Waals surface area contributed by atoms with E-state index in [1.54, 1.807) is 5.51 Å². The van der Waals surface area contributed by atoms with Crippen LogP contribution >= 0.6 is 23.3 Å². The highest BCUT2D eigenvalue weighted by Gasteiger charge is 2.53. The van der Waals surface area contributed by atoms with Crippen LogP contribution in [-0.4, -0.2) is 55.7 Å². The number of aromatic nitrogens is 3. The summed E-state index contributed by atoms with van der Waals surface area (Å²) in [6.07, 6.45) is 9.64. The van der Waals surface area contributed by atoms with Gasteiger partial charge in [-0.3, -0.25) is 4.79 Å². The van der Waals surface area contributed by atoms with Gasteiger partial charge in [0, 0.05) is 42.8 Å². The first kappa shape index (κ1) is 24.1. The molecule has 0 spiro atoms. The number of thiazole rings is 1. The van der Waals surface area contributed by atoms with Crippen molar-refractivity contribution in [1.29, 1.82) is 5.41 Å². The van der Waals surface area contributed by atoms with Gasteiger partial charge in [-0.05, 0) is 68.2 Å². The average molecular weight is 514 g/mol. The number of carbonyl (C=O) groups is 1. The lowest BCUT2D eigenvalue weighted by Crippen LogP contribution is -2.55. The summed E-state index contributed by atoms with van der Waals surface area (Å²) >= 11 is 2.85. The molecule has 2 aromatic heterocycles. The molecule has 184 valence electrons. The molecular formula is C24H28FN7OS2. The number of nitrogens with zero attached hydrogens (tertiary/aromatic N) is 5. The Morgan fingerprint density at radius 2 is 2.34 bits per heavy atom. The summed E-state index contributed by atoms with van der Waals surface area (Å²) in [6.45, 7) is 3.98. The van der Waals surface area contributed by atoms with Crippen molar-refractivity contribution in [3.05, 3.63) is 52.0 Å². The van der Waals surface area contributed by atoms with E-state index in [1.165, 1.54) is 35.6 Å². The third kappa shape index (κ3) is 4.64. The first-order chi connectivity index (χ1) is 17.0. The Labute approximate surface area is 212 Å². The first-order valence-corrected chi connectivity index (χ1v) is 13.5. The zero-order valence-corrected chi connectivity index (χ0v) is 21.2. The largest absolute Gasteiger partial charge is 0.309 e. The third-order valence-electron chi connectivity index (χ3n) is 7.03. The number of allylic oxidation sites excluding steroid dienone is 4. The molecule has 3 heterocycles. The van der Waals surface area contributed by atoms with E-state index in [0.717, 1.165) is 36.3 Å². The molecule has 2 atom stereocenters. The van der Waals surface area contributed by atoms with Gasteiger partial charge in [-0.1, -0.05) is 0 Å². The molecule has 0 saturated carbocycles. The molecule has 3 aliphatic rings. The lowest BCUT2D eigenvalue weighted by Gasteiger charge is -2.49. The summed E-state index contributed by atoms with van der Waals surface area (Å²) in [7, 11) is 0. The van der Waals surface area contributed by atoms with Crippen molar-refractivity contribution in [3.8, 4) is 0 Å². The molecule has 2 unspecified atom stereocenters. The van der Waals surface area contributed by atoms with Crippen molar-refractivity contribution < 1.29 is 9.18 Å². The minimum absolute atomic E-state index is 0.0781. The Bertz CT molecular complexity index is 1200. The van der Waals surface area contributed by atoms with E-state index in [0.29, 0.717) is 43.1 Å². The number of halogens is 1. The lowest BCUT2D eigenvalue weighted by atomic mass is 9.60. The monoisotopic (exact) mass is 513 g/mol. The quantitative estimate of drug-likeness (QED) is 0.188. The normalized spacial score (nSPS) is 24.7. The second kappa shape index (κ2) is 10.2. The van der Waals surface area contributed by atoms with Gasteiger partial charge in [-0.15, -0.1) is 11.3 Å². The van der Waals surface area contributed by atoms with E-state index in [4.69, 9.17) is 5.41 Å². The molecule has 0 bridgehead atoms. The smallest absolute Gasteiger partial charge is 0.190 e. The number of hydrazone groups is 1. The fourth-order valence-electron chi connectivity index (χ4n) is 5.33. The van der Waals surface area contributed by atoms with Crippen molar-refractivity contribution in [2.24, 2.45) is 16.4 Å². The molecule has 0 aromatic carbocycles. The van der Waals surface area contributed by atoms with E-state index in [9.17, 15) is 9.18 Å². The number of nitrogens with one attached hydrogen (secondary N) is 2. The second-order valence-electron chi connectivity index (χ2n) is 9.09. The molecule has 1 fully saturated rings. The van der Waals surface area contributed by atoms with Crippen molar-refractivity contribution in [2.45, 2.75) is 39.0 Å². The van der Waals surface area contributed by atoms with Gasteiger partial charge in [0.15, 0.2) is 5.78 Å². The summed E-state index contributed by atoms with van der Waals surface area (Å²) in [4.78, 5) is 18.3. The average Bonchev–Trinajstić information content (AvgIpc) is 3.55. The molecule has 2 aromatic rings. The van der Waals surface area contributed by atoms with Gasteiger partial charge in [-0.2, -0.15) is 10.2 Å². The molecule has 11 heteroatoms. The SMILES string of the molecule is CCN/N=C(\C=N)SN1CCC2Cc3c(cnn3C3=CC=C(F)CC3)CC2(C(=O)c2cscn2)C1. The van der Waals surface area contributed by atoms with Crippen LogP contribution in [0.2, 0.25) is 0 Å². The van der Waals surface area contributed by atoms with Crippen molar-refractivity contribution in [3.63, 3.8) is 0 Å². The molecule has 1 saturated heterocycles. The number of ketones is 1. The summed E-state index contributed by atoms with van der Waals surface area (Å²) in [5, 5.41) is 19.1.